The maximum absolute atomic E-state index is 13.5. The summed E-state index contributed by atoms with van der Waals surface area (Å²) in [5, 5.41) is 4.46. The molecule has 0 saturated carbocycles. The Balaban J connectivity index is 1.49. The summed E-state index contributed by atoms with van der Waals surface area (Å²) < 4.78 is 22.8. The standard InChI is InChI=1S/C24H21FN4O2/c25-19-8-10-20(11-9-19)29-23(27-12-4-5-13-27)21(16-26-29)24(30)28-14-15-31-22(17-28)18-6-2-1-3-7-18/h1-13,16,22H,14-15,17H2/t22-/m1/s1. The molecule has 5 rings (SSSR count). The first-order valence-corrected chi connectivity index (χ1v) is 10.1. The Kier molecular flexibility index (Phi) is 5.09. The maximum atomic E-state index is 13.5. The van der Waals surface area contributed by atoms with Gasteiger partial charge in [-0.3, -0.25) is 4.79 Å². The Labute approximate surface area is 179 Å². The molecule has 6 nitrogen and oxygen atoms in total. The lowest BCUT2D eigenvalue weighted by molar-refractivity contribution is -0.0228. The van der Waals surface area contributed by atoms with E-state index >= 15 is 0 Å². The predicted octanol–water partition coefficient (Wildman–Crippen LogP) is 4.02. The lowest BCUT2D eigenvalue weighted by Crippen LogP contribution is -2.42. The van der Waals surface area contributed by atoms with Crippen molar-refractivity contribution in [3.63, 3.8) is 0 Å². The fourth-order valence-electron chi connectivity index (χ4n) is 3.86. The highest BCUT2D eigenvalue weighted by Gasteiger charge is 2.29. The molecule has 0 unspecified atom stereocenters. The van der Waals surface area contributed by atoms with Gasteiger partial charge in [-0.05, 0) is 42.0 Å². The molecule has 156 valence electrons. The molecule has 0 bridgehead atoms. The third-order valence-corrected chi connectivity index (χ3v) is 5.42. The van der Waals surface area contributed by atoms with Gasteiger partial charge in [0.15, 0.2) is 5.82 Å². The van der Waals surface area contributed by atoms with Crippen LogP contribution >= 0.6 is 0 Å². The molecule has 4 aromatic rings. The Hall–Kier alpha value is -3.71. The van der Waals surface area contributed by atoms with Crippen molar-refractivity contribution in [2.75, 3.05) is 19.7 Å². The molecule has 1 aliphatic rings. The molecule has 31 heavy (non-hydrogen) atoms. The van der Waals surface area contributed by atoms with E-state index in [1.807, 2.05) is 59.4 Å². The SMILES string of the molecule is O=C(c1cnn(-c2ccc(F)cc2)c1-n1cccc1)N1CCO[C@@H](c2ccccc2)C1. The van der Waals surface area contributed by atoms with Gasteiger partial charge in [0.1, 0.15) is 17.5 Å². The molecule has 1 atom stereocenters. The number of ether oxygens (including phenoxy) is 1. The number of nitrogens with zero attached hydrogens (tertiary/aromatic N) is 4. The zero-order valence-electron chi connectivity index (χ0n) is 16.8. The van der Waals surface area contributed by atoms with E-state index in [0.717, 1.165) is 5.56 Å². The summed E-state index contributed by atoms with van der Waals surface area (Å²) in [6, 6.07) is 19.7. The van der Waals surface area contributed by atoms with Gasteiger partial charge >= 0.3 is 0 Å². The topological polar surface area (TPSA) is 52.3 Å². The summed E-state index contributed by atoms with van der Waals surface area (Å²) >= 11 is 0. The van der Waals surface area contributed by atoms with Crippen molar-refractivity contribution in [3.8, 4) is 11.5 Å². The molecule has 2 aromatic heterocycles. The summed E-state index contributed by atoms with van der Waals surface area (Å²) in [5.74, 6) is 0.181. The van der Waals surface area contributed by atoms with E-state index in [4.69, 9.17) is 4.74 Å². The number of aromatic nitrogens is 3. The molecule has 0 N–H and O–H groups in total. The molecular weight excluding hydrogens is 395 g/mol. The molecule has 2 aromatic carbocycles. The van der Waals surface area contributed by atoms with Gasteiger partial charge in [-0.25, -0.2) is 9.07 Å². The van der Waals surface area contributed by atoms with Gasteiger partial charge in [0.05, 0.1) is 25.0 Å². The molecule has 1 amide bonds. The summed E-state index contributed by atoms with van der Waals surface area (Å²) in [6.45, 7) is 1.45. The van der Waals surface area contributed by atoms with Crippen LogP contribution in [0.5, 0.6) is 0 Å². The van der Waals surface area contributed by atoms with E-state index in [1.54, 1.807) is 27.9 Å². The largest absolute Gasteiger partial charge is 0.370 e. The van der Waals surface area contributed by atoms with Gasteiger partial charge in [-0.1, -0.05) is 30.3 Å². The van der Waals surface area contributed by atoms with Crippen LogP contribution in [0.4, 0.5) is 4.39 Å². The second-order valence-corrected chi connectivity index (χ2v) is 7.38. The van der Waals surface area contributed by atoms with Crippen molar-refractivity contribution in [1.29, 1.82) is 0 Å². The van der Waals surface area contributed by atoms with Crippen molar-refractivity contribution < 1.29 is 13.9 Å². The summed E-state index contributed by atoms with van der Waals surface area (Å²) in [5.41, 5.74) is 2.20. The van der Waals surface area contributed by atoms with Crippen LogP contribution < -0.4 is 0 Å². The van der Waals surface area contributed by atoms with E-state index in [-0.39, 0.29) is 17.8 Å². The fraction of sp³-hybridized carbons (Fsp3) is 0.167. The van der Waals surface area contributed by atoms with Gasteiger partial charge in [0.25, 0.3) is 5.91 Å². The molecule has 7 heteroatoms. The Morgan fingerprint density at radius 2 is 1.74 bits per heavy atom. The zero-order valence-corrected chi connectivity index (χ0v) is 16.8. The molecule has 0 spiro atoms. The van der Waals surface area contributed by atoms with Crippen LogP contribution in [0.1, 0.15) is 22.0 Å². The van der Waals surface area contributed by atoms with Crippen LogP contribution in [-0.4, -0.2) is 44.9 Å². The molecule has 1 aliphatic heterocycles. The van der Waals surface area contributed by atoms with Crippen molar-refractivity contribution in [2.45, 2.75) is 6.10 Å². The number of carbonyl (C=O) groups is 1. The Morgan fingerprint density at radius 3 is 2.48 bits per heavy atom. The number of halogens is 1. The monoisotopic (exact) mass is 416 g/mol. The van der Waals surface area contributed by atoms with Gasteiger partial charge in [-0.15, -0.1) is 0 Å². The lowest BCUT2D eigenvalue weighted by atomic mass is 10.1. The molecule has 0 radical (unpaired) electrons. The highest BCUT2D eigenvalue weighted by molar-refractivity contribution is 5.97. The fourth-order valence-corrected chi connectivity index (χ4v) is 3.86. The first-order valence-electron chi connectivity index (χ1n) is 10.1. The number of hydrogen-bond donors (Lipinski definition) is 0. The van der Waals surface area contributed by atoms with E-state index in [0.29, 0.717) is 36.8 Å². The minimum Gasteiger partial charge on any atom is -0.370 e. The summed E-state index contributed by atoms with van der Waals surface area (Å²) in [4.78, 5) is 15.3. The highest BCUT2D eigenvalue weighted by atomic mass is 19.1. The van der Waals surface area contributed by atoms with Crippen molar-refractivity contribution >= 4 is 5.91 Å². The number of rotatable bonds is 4. The number of hydrogen-bond acceptors (Lipinski definition) is 3. The lowest BCUT2D eigenvalue weighted by Gasteiger charge is -2.33. The Bertz CT molecular complexity index is 1170. The third kappa shape index (κ3) is 3.75. The first kappa shape index (κ1) is 19.3. The average Bonchev–Trinajstić information content (AvgIpc) is 3.50. The molecule has 0 aliphatic carbocycles. The smallest absolute Gasteiger partial charge is 0.259 e. The summed E-state index contributed by atoms with van der Waals surface area (Å²) in [7, 11) is 0. The number of benzene rings is 2. The van der Waals surface area contributed by atoms with E-state index in [1.165, 1.54) is 12.1 Å². The van der Waals surface area contributed by atoms with Crippen molar-refractivity contribution in [2.24, 2.45) is 0 Å². The zero-order chi connectivity index (χ0) is 21.2. The summed E-state index contributed by atoms with van der Waals surface area (Å²) in [6.07, 6.45) is 5.13. The highest BCUT2D eigenvalue weighted by Crippen LogP contribution is 2.26. The Morgan fingerprint density at radius 1 is 1.00 bits per heavy atom. The maximum Gasteiger partial charge on any atom is 0.259 e. The number of amides is 1. The van der Waals surface area contributed by atoms with Gasteiger partial charge < -0.3 is 14.2 Å². The van der Waals surface area contributed by atoms with Crippen molar-refractivity contribution in [1.82, 2.24) is 19.2 Å². The second-order valence-electron chi connectivity index (χ2n) is 7.38. The number of morpholine rings is 1. The molecular formula is C24H21FN4O2. The molecule has 3 heterocycles. The third-order valence-electron chi connectivity index (χ3n) is 5.42. The first-order chi connectivity index (χ1) is 15.2. The van der Waals surface area contributed by atoms with Gasteiger partial charge in [0, 0.05) is 18.9 Å². The van der Waals surface area contributed by atoms with E-state index in [2.05, 4.69) is 5.10 Å². The van der Waals surface area contributed by atoms with Gasteiger partial charge in [-0.2, -0.15) is 5.10 Å². The van der Waals surface area contributed by atoms with Crippen LogP contribution in [0.25, 0.3) is 11.5 Å². The van der Waals surface area contributed by atoms with E-state index < -0.39 is 0 Å². The van der Waals surface area contributed by atoms with Crippen LogP contribution in [-0.2, 0) is 4.74 Å². The number of carbonyl (C=O) groups excluding carboxylic acids is 1. The molecule has 1 fully saturated rings. The van der Waals surface area contributed by atoms with Crippen LogP contribution in [0, 0.1) is 5.82 Å². The minimum absolute atomic E-state index is 0.110. The van der Waals surface area contributed by atoms with Crippen molar-refractivity contribution in [3.05, 3.63) is 102 Å². The minimum atomic E-state index is -0.324. The predicted molar refractivity (Wildman–Crippen MR) is 114 cm³/mol. The van der Waals surface area contributed by atoms with Crippen LogP contribution in [0.15, 0.2) is 85.3 Å². The average molecular weight is 416 g/mol. The normalized spacial score (nSPS) is 16.4. The molecule has 1 saturated heterocycles. The quantitative estimate of drug-likeness (QED) is 0.505. The van der Waals surface area contributed by atoms with Crippen LogP contribution in [0.2, 0.25) is 0 Å². The second kappa shape index (κ2) is 8.20. The van der Waals surface area contributed by atoms with Crippen LogP contribution in [0.3, 0.4) is 0 Å². The van der Waals surface area contributed by atoms with E-state index in [9.17, 15) is 9.18 Å². The van der Waals surface area contributed by atoms with Gasteiger partial charge in [0.2, 0.25) is 0 Å².